The van der Waals surface area contributed by atoms with Gasteiger partial charge in [0, 0.05) is 13.2 Å². The second kappa shape index (κ2) is 7.46. The number of carbonyl (C=O) groups excluding carboxylic acids is 1. The van der Waals surface area contributed by atoms with Gasteiger partial charge in [0.25, 0.3) is 0 Å². The van der Waals surface area contributed by atoms with Gasteiger partial charge in [-0.05, 0) is 42.0 Å². The first-order valence-corrected chi connectivity index (χ1v) is 10.7. The molecule has 2 aromatic carbocycles. The van der Waals surface area contributed by atoms with Crippen molar-refractivity contribution in [2.75, 3.05) is 25.0 Å². The van der Waals surface area contributed by atoms with Crippen molar-refractivity contribution in [3.05, 3.63) is 60.8 Å². The third-order valence-corrected chi connectivity index (χ3v) is 6.68. The first-order chi connectivity index (χ1) is 13.9. The van der Waals surface area contributed by atoms with E-state index in [4.69, 9.17) is 4.74 Å². The van der Waals surface area contributed by atoms with Crippen molar-refractivity contribution in [3.8, 4) is 5.88 Å². The normalized spacial score (nSPS) is 16.5. The molecule has 0 unspecified atom stereocenters. The van der Waals surface area contributed by atoms with Crippen LogP contribution < -0.4 is 9.64 Å². The maximum atomic E-state index is 13.0. The molecule has 150 valence electrons. The predicted molar refractivity (Wildman–Crippen MR) is 110 cm³/mol. The average Bonchev–Trinajstić information content (AvgIpc) is 2.72. The Kier molecular flexibility index (Phi) is 4.97. The van der Waals surface area contributed by atoms with Crippen LogP contribution in [0.4, 0.5) is 5.69 Å². The Bertz CT molecular complexity index is 1180. The molecule has 1 aromatic heterocycles. The maximum Gasteiger partial charge on any atom is 0.243 e. The summed E-state index contributed by atoms with van der Waals surface area (Å²) in [6.07, 6.45) is 1.36. The van der Waals surface area contributed by atoms with Crippen molar-refractivity contribution in [1.29, 1.82) is 0 Å². The Morgan fingerprint density at radius 2 is 1.93 bits per heavy atom. The average molecular weight is 411 g/mol. The molecule has 0 saturated carbocycles. The zero-order valence-electron chi connectivity index (χ0n) is 16.1. The lowest BCUT2D eigenvalue weighted by molar-refractivity contribution is -0.119. The molecule has 8 heteroatoms. The number of benzene rings is 2. The largest absolute Gasteiger partial charge is 0.471 e. The number of hydrogen-bond acceptors (Lipinski definition) is 5. The molecular formula is C21H21N3O4S. The summed E-state index contributed by atoms with van der Waals surface area (Å²) in [4.78, 5) is 18.8. The van der Waals surface area contributed by atoms with E-state index in [1.807, 2.05) is 31.2 Å². The number of fused-ring (bicyclic) bond motifs is 2. The van der Waals surface area contributed by atoms with Crippen molar-refractivity contribution < 1.29 is 17.9 Å². The standard InChI is InChI=1S/C21H21N3O4S/c1-15-13-24(19-8-5-11-22-21(19)28-15)20(25)14-23(2)29(26,27)18-10-9-16-6-3-4-7-17(16)12-18/h3-12,15H,13-14H2,1-2H3/t15-/m0/s1. The number of rotatable bonds is 4. The molecular weight excluding hydrogens is 390 g/mol. The fourth-order valence-electron chi connectivity index (χ4n) is 3.37. The second-order valence-electron chi connectivity index (χ2n) is 7.03. The first kappa shape index (κ1) is 19.4. The Morgan fingerprint density at radius 3 is 2.72 bits per heavy atom. The van der Waals surface area contributed by atoms with E-state index in [0.717, 1.165) is 15.1 Å². The molecule has 1 aliphatic heterocycles. The molecule has 1 atom stereocenters. The predicted octanol–water partition coefficient (Wildman–Crippen LogP) is 2.67. The van der Waals surface area contributed by atoms with Crippen LogP contribution in [0, 0.1) is 0 Å². The number of anilines is 1. The van der Waals surface area contributed by atoms with E-state index < -0.39 is 10.0 Å². The van der Waals surface area contributed by atoms with Gasteiger partial charge in [0.2, 0.25) is 21.8 Å². The Balaban J connectivity index is 1.58. The van der Waals surface area contributed by atoms with Crippen molar-refractivity contribution in [1.82, 2.24) is 9.29 Å². The summed E-state index contributed by atoms with van der Waals surface area (Å²) in [7, 11) is -2.40. The van der Waals surface area contributed by atoms with Crippen molar-refractivity contribution in [2.45, 2.75) is 17.9 Å². The highest BCUT2D eigenvalue weighted by Crippen LogP contribution is 2.31. The van der Waals surface area contributed by atoms with Crippen LogP contribution in [-0.4, -0.2) is 49.9 Å². The minimum absolute atomic E-state index is 0.156. The summed E-state index contributed by atoms with van der Waals surface area (Å²) < 4.78 is 32.8. The van der Waals surface area contributed by atoms with Crippen LogP contribution in [0.3, 0.4) is 0 Å². The van der Waals surface area contributed by atoms with Crippen molar-refractivity contribution in [2.24, 2.45) is 0 Å². The van der Waals surface area contributed by atoms with E-state index >= 15 is 0 Å². The fraction of sp³-hybridized carbons (Fsp3) is 0.238. The summed E-state index contributed by atoms with van der Waals surface area (Å²) in [5.41, 5.74) is 0.548. The molecule has 0 N–H and O–H groups in total. The maximum absolute atomic E-state index is 13.0. The van der Waals surface area contributed by atoms with Crippen molar-refractivity contribution >= 4 is 32.4 Å². The van der Waals surface area contributed by atoms with E-state index in [1.54, 1.807) is 36.5 Å². The zero-order chi connectivity index (χ0) is 20.6. The van der Waals surface area contributed by atoms with E-state index in [-0.39, 0.29) is 23.5 Å². The minimum atomic E-state index is -3.82. The van der Waals surface area contributed by atoms with E-state index in [2.05, 4.69) is 4.98 Å². The number of hydrogen-bond donors (Lipinski definition) is 0. The molecule has 0 fully saturated rings. The summed E-state index contributed by atoms with van der Waals surface area (Å²) in [6.45, 7) is 1.89. The van der Waals surface area contributed by atoms with Crippen molar-refractivity contribution in [3.63, 3.8) is 0 Å². The third kappa shape index (κ3) is 3.68. The summed E-state index contributed by atoms with van der Waals surface area (Å²) >= 11 is 0. The SMILES string of the molecule is C[C@H]1CN(C(=O)CN(C)S(=O)(=O)c2ccc3ccccc3c2)c2cccnc2O1. The number of amides is 1. The van der Waals surface area contributed by atoms with Gasteiger partial charge >= 0.3 is 0 Å². The van der Waals surface area contributed by atoms with Gasteiger partial charge in [-0.1, -0.05) is 30.3 Å². The monoisotopic (exact) mass is 411 g/mol. The van der Waals surface area contributed by atoms with Crippen LogP contribution in [0.5, 0.6) is 5.88 Å². The number of carbonyl (C=O) groups is 1. The number of aromatic nitrogens is 1. The summed E-state index contributed by atoms with van der Waals surface area (Å²) in [5.74, 6) is 0.0425. The van der Waals surface area contributed by atoms with E-state index in [9.17, 15) is 13.2 Å². The number of pyridine rings is 1. The smallest absolute Gasteiger partial charge is 0.243 e. The second-order valence-corrected chi connectivity index (χ2v) is 9.08. The Hall–Kier alpha value is -2.97. The van der Waals surface area contributed by atoms with Crippen LogP contribution >= 0.6 is 0 Å². The quantitative estimate of drug-likeness (QED) is 0.659. The number of sulfonamides is 1. The van der Waals surface area contributed by atoms with Crippen LogP contribution in [0.25, 0.3) is 10.8 Å². The molecule has 0 spiro atoms. The third-order valence-electron chi connectivity index (χ3n) is 4.88. The minimum Gasteiger partial charge on any atom is -0.471 e. The molecule has 1 amide bonds. The lowest BCUT2D eigenvalue weighted by Crippen LogP contribution is -2.47. The van der Waals surface area contributed by atoms with Gasteiger partial charge in [-0.2, -0.15) is 4.31 Å². The lowest BCUT2D eigenvalue weighted by atomic mass is 10.1. The van der Waals surface area contributed by atoms with Gasteiger partial charge < -0.3 is 9.64 Å². The van der Waals surface area contributed by atoms with E-state index in [1.165, 1.54) is 11.9 Å². The van der Waals surface area contributed by atoms with Gasteiger partial charge in [-0.25, -0.2) is 13.4 Å². The summed E-state index contributed by atoms with van der Waals surface area (Å²) in [6, 6.07) is 16.0. The fourth-order valence-corrected chi connectivity index (χ4v) is 4.52. The highest BCUT2D eigenvalue weighted by atomic mass is 32.2. The van der Waals surface area contributed by atoms with Gasteiger partial charge in [-0.15, -0.1) is 0 Å². The molecule has 7 nitrogen and oxygen atoms in total. The van der Waals surface area contributed by atoms with E-state index in [0.29, 0.717) is 18.1 Å². The molecule has 0 bridgehead atoms. The highest BCUT2D eigenvalue weighted by molar-refractivity contribution is 7.89. The molecule has 1 aliphatic rings. The van der Waals surface area contributed by atoms with Gasteiger partial charge in [0.1, 0.15) is 11.8 Å². The van der Waals surface area contributed by atoms with Gasteiger partial charge in [0.15, 0.2) is 0 Å². The lowest BCUT2D eigenvalue weighted by Gasteiger charge is -2.33. The van der Waals surface area contributed by atoms with Gasteiger partial charge in [0.05, 0.1) is 18.0 Å². The number of likely N-dealkylation sites (N-methyl/N-ethyl adjacent to an activating group) is 1. The molecule has 29 heavy (non-hydrogen) atoms. The number of nitrogens with zero attached hydrogens (tertiary/aromatic N) is 3. The summed E-state index contributed by atoms with van der Waals surface area (Å²) in [5, 5.41) is 1.78. The Morgan fingerprint density at radius 1 is 1.17 bits per heavy atom. The van der Waals surface area contributed by atoms with Crippen LogP contribution in [-0.2, 0) is 14.8 Å². The van der Waals surface area contributed by atoms with Gasteiger partial charge in [-0.3, -0.25) is 4.79 Å². The number of ether oxygens (including phenoxy) is 1. The van der Waals surface area contributed by atoms with Crippen LogP contribution in [0.2, 0.25) is 0 Å². The Labute approximate surface area is 169 Å². The zero-order valence-corrected chi connectivity index (χ0v) is 17.0. The first-order valence-electron chi connectivity index (χ1n) is 9.23. The van der Waals surface area contributed by atoms with Crippen LogP contribution in [0.1, 0.15) is 6.92 Å². The molecule has 3 aromatic rings. The molecule has 4 rings (SSSR count). The molecule has 0 saturated heterocycles. The topological polar surface area (TPSA) is 79.8 Å². The highest BCUT2D eigenvalue weighted by Gasteiger charge is 2.31. The molecule has 2 heterocycles. The molecule has 0 aliphatic carbocycles. The van der Waals surface area contributed by atoms with Crippen LogP contribution in [0.15, 0.2) is 65.7 Å². The molecule has 0 radical (unpaired) electrons.